The monoisotopic (exact) mass is 713 g/mol. The van der Waals surface area contributed by atoms with Crippen LogP contribution < -0.4 is 23.7 Å². The van der Waals surface area contributed by atoms with Crippen molar-refractivity contribution in [3.05, 3.63) is 83.2 Å². The van der Waals surface area contributed by atoms with Crippen molar-refractivity contribution in [1.29, 1.82) is 0 Å². The molecule has 0 spiro atoms. The Kier molecular flexibility index (Phi) is 10.8. The van der Waals surface area contributed by atoms with E-state index in [-0.39, 0.29) is 25.9 Å². The minimum Gasteiger partial charge on any atom is -0.748 e. The van der Waals surface area contributed by atoms with Crippen LogP contribution in [0.25, 0.3) is 27.4 Å². The molecule has 1 aliphatic heterocycles. The van der Waals surface area contributed by atoms with E-state index in [2.05, 4.69) is 0 Å². The van der Waals surface area contributed by atoms with Gasteiger partial charge in [0.2, 0.25) is 11.4 Å². The lowest BCUT2D eigenvalue weighted by Gasteiger charge is -2.22. The van der Waals surface area contributed by atoms with E-state index in [0.717, 1.165) is 37.6 Å². The molecule has 1 unspecified atom stereocenters. The van der Waals surface area contributed by atoms with E-state index in [0.29, 0.717) is 29.6 Å². The van der Waals surface area contributed by atoms with Crippen LogP contribution in [0.4, 0.5) is 5.69 Å². The lowest BCUT2D eigenvalue weighted by atomic mass is 10.0. The van der Waals surface area contributed by atoms with E-state index in [1.807, 2.05) is 89.2 Å². The zero-order chi connectivity index (χ0) is 34.6. The average molecular weight is 714 g/mol. The first kappa shape index (κ1) is 35.4. The maximum Gasteiger partial charge on any atom is 0.263 e. The molecule has 48 heavy (non-hydrogen) atoms. The molecule has 0 aliphatic carbocycles. The summed E-state index contributed by atoms with van der Waals surface area (Å²) in [5.41, 5.74) is 4.38. The van der Waals surface area contributed by atoms with Gasteiger partial charge in [-0.05, 0) is 48.6 Å². The van der Waals surface area contributed by atoms with Crippen LogP contribution in [0.2, 0.25) is 0 Å². The summed E-state index contributed by atoms with van der Waals surface area (Å²) in [6, 6.07) is 19.3. The summed E-state index contributed by atoms with van der Waals surface area (Å²) in [4.78, 5) is 1.89. The van der Waals surface area contributed by atoms with Crippen molar-refractivity contribution in [3.8, 4) is 28.4 Å². The van der Waals surface area contributed by atoms with Gasteiger partial charge in [0, 0.05) is 42.2 Å². The minimum atomic E-state index is -4.48. The first-order chi connectivity index (χ1) is 22.8. The molecule has 0 fully saturated rings. The Bertz CT molecular complexity index is 2070. The Morgan fingerprint density at radius 3 is 2.35 bits per heavy atom. The van der Waals surface area contributed by atoms with Gasteiger partial charge in [-0.1, -0.05) is 54.7 Å². The number of rotatable bonds is 14. The lowest BCUT2D eigenvalue weighted by Crippen LogP contribution is -2.36. The van der Waals surface area contributed by atoms with Crippen LogP contribution in [0.15, 0.2) is 78.2 Å². The van der Waals surface area contributed by atoms with Crippen LogP contribution in [0.3, 0.4) is 0 Å². The van der Waals surface area contributed by atoms with Gasteiger partial charge < -0.3 is 28.2 Å². The Balaban J connectivity index is 1.57. The molecule has 0 saturated carbocycles. The van der Waals surface area contributed by atoms with Gasteiger partial charge in [-0.25, -0.2) is 16.8 Å². The van der Waals surface area contributed by atoms with Crippen LogP contribution in [0.1, 0.15) is 38.1 Å². The van der Waals surface area contributed by atoms with Crippen LogP contribution >= 0.6 is 11.3 Å². The molecule has 14 heteroatoms. The second kappa shape index (κ2) is 14.7. The number of methoxy groups -OCH3 is 2. The number of benzene rings is 3. The molecule has 0 amide bonds. The van der Waals surface area contributed by atoms with Gasteiger partial charge in [-0.15, -0.1) is 0 Å². The second-order valence-electron chi connectivity index (χ2n) is 11.3. The zero-order valence-electron chi connectivity index (χ0n) is 27.0. The molecular formula is C34H37N2O9S3-. The van der Waals surface area contributed by atoms with Crippen molar-refractivity contribution in [1.82, 2.24) is 0 Å². The van der Waals surface area contributed by atoms with E-state index in [9.17, 15) is 25.9 Å². The Morgan fingerprint density at radius 2 is 1.71 bits per heavy atom. The number of thiazole rings is 1. The zero-order valence-corrected chi connectivity index (χ0v) is 29.5. The predicted molar refractivity (Wildman–Crippen MR) is 184 cm³/mol. The molecule has 0 saturated heterocycles. The van der Waals surface area contributed by atoms with Crippen molar-refractivity contribution in [2.45, 2.75) is 44.9 Å². The van der Waals surface area contributed by atoms with Crippen molar-refractivity contribution < 1.29 is 44.7 Å². The van der Waals surface area contributed by atoms with Crippen molar-refractivity contribution >= 4 is 53.6 Å². The van der Waals surface area contributed by atoms with E-state index < -0.39 is 31.2 Å². The smallest absolute Gasteiger partial charge is 0.263 e. The third-order valence-corrected chi connectivity index (χ3v) is 11.2. The number of nitrogens with zero attached hydrogens (tertiary/aromatic N) is 2. The second-order valence-corrected chi connectivity index (χ2v) is 15.7. The molecule has 0 radical (unpaired) electrons. The number of anilines is 1. The average Bonchev–Trinajstić information content (AvgIpc) is 3.57. The summed E-state index contributed by atoms with van der Waals surface area (Å²) in [5.74, 6) is 1.64. The van der Waals surface area contributed by atoms with E-state index in [1.54, 1.807) is 7.11 Å². The SMILES string of the molecule is CCC(/C=C1\Oc2ccc(-c3ccccc3)cc2N1CCC(C)S(=O)(=O)[O-])=C\c1sc2cc(OC)c(OC)cc2[n+]1CCCS(=O)(=O)[O-]. The first-order valence-electron chi connectivity index (χ1n) is 15.3. The summed E-state index contributed by atoms with van der Waals surface area (Å²) in [5, 5.41) is -0.289. The minimum absolute atomic E-state index is 0.0926. The number of hydrogen-bond donors (Lipinski definition) is 0. The van der Waals surface area contributed by atoms with Gasteiger partial charge in [0.1, 0.15) is 4.70 Å². The quantitative estimate of drug-likeness (QED) is 0.118. The number of ether oxygens (including phenoxy) is 3. The maximum atomic E-state index is 11.7. The molecule has 0 N–H and O–H groups in total. The van der Waals surface area contributed by atoms with E-state index in [4.69, 9.17) is 14.2 Å². The molecule has 11 nitrogen and oxygen atoms in total. The highest BCUT2D eigenvalue weighted by Gasteiger charge is 2.29. The van der Waals surface area contributed by atoms with Gasteiger partial charge in [0.15, 0.2) is 23.8 Å². The molecule has 1 aliphatic rings. The molecule has 4 aromatic rings. The fourth-order valence-corrected chi connectivity index (χ4v) is 7.49. The number of hydrogen-bond acceptors (Lipinski definition) is 11. The summed E-state index contributed by atoms with van der Waals surface area (Å²) in [6.07, 6.45) is 4.67. The normalized spacial score (nSPS) is 15.1. The lowest BCUT2D eigenvalue weighted by molar-refractivity contribution is -0.668. The fraction of sp³-hybridized carbons (Fsp3) is 0.324. The van der Waals surface area contributed by atoms with E-state index in [1.165, 1.54) is 25.4 Å². The largest absolute Gasteiger partial charge is 0.748 e. The van der Waals surface area contributed by atoms with Crippen LogP contribution in [-0.4, -0.2) is 57.7 Å². The predicted octanol–water partition coefficient (Wildman–Crippen LogP) is 5.67. The first-order valence-corrected chi connectivity index (χ1v) is 19.2. The van der Waals surface area contributed by atoms with Crippen LogP contribution in [0.5, 0.6) is 17.2 Å². The van der Waals surface area contributed by atoms with Crippen LogP contribution in [-0.2, 0) is 26.8 Å². The highest BCUT2D eigenvalue weighted by atomic mass is 32.2. The topological polar surface area (TPSA) is 149 Å². The van der Waals surface area contributed by atoms with E-state index >= 15 is 0 Å². The molecule has 1 atom stereocenters. The van der Waals surface area contributed by atoms with Crippen molar-refractivity contribution in [2.75, 3.05) is 31.4 Å². The van der Waals surface area contributed by atoms with Gasteiger partial charge in [-0.2, -0.15) is 4.57 Å². The van der Waals surface area contributed by atoms with Crippen molar-refractivity contribution in [3.63, 3.8) is 0 Å². The number of aromatic nitrogens is 1. The molecular weight excluding hydrogens is 677 g/mol. The maximum absolute atomic E-state index is 11.7. The van der Waals surface area contributed by atoms with Gasteiger partial charge >= 0.3 is 0 Å². The highest BCUT2D eigenvalue weighted by Crippen LogP contribution is 2.42. The Labute approximate surface area is 285 Å². The number of allylic oxidation sites excluding steroid dienone is 2. The highest BCUT2D eigenvalue weighted by molar-refractivity contribution is 7.86. The third-order valence-electron chi connectivity index (χ3n) is 8.13. The number of aryl methyl sites for hydroxylation is 1. The summed E-state index contributed by atoms with van der Waals surface area (Å²) in [7, 11) is -5.79. The number of fused-ring (bicyclic) bond motifs is 2. The summed E-state index contributed by atoms with van der Waals surface area (Å²) in [6.45, 7) is 3.89. The fourth-order valence-electron chi connectivity index (χ4n) is 5.43. The van der Waals surface area contributed by atoms with Gasteiger partial charge in [-0.3, -0.25) is 0 Å². The van der Waals surface area contributed by atoms with Crippen molar-refractivity contribution in [2.24, 2.45) is 0 Å². The summed E-state index contributed by atoms with van der Waals surface area (Å²) >= 11 is 1.48. The third kappa shape index (κ3) is 8.18. The van der Waals surface area contributed by atoms with Gasteiger partial charge in [0.05, 0.1) is 46.2 Å². The summed E-state index contributed by atoms with van der Waals surface area (Å²) < 4.78 is 89.6. The molecule has 1 aromatic heterocycles. The Hall–Kier alpha value is -3.95. The van der Waals surface area contributed by atoms with Gasteiger partial charge in [0.25, 0.3) is 5.01 Å². The standard InChI is InChI=1S/C34H38N2O9S3/c1-5-24(19-34-36(15-9-17-47(37,38)39)28-21-30(43-3)31(44-4)22-32(28)46-34)18-33-35(16-14-23(2)48(40,41)42)27-20-26(12-13-29(27)45-33)25-10-7-6-8-11-25/h6-8,10-13,18-23H,5,9,14-17H2,1-4H3,(H-,37,38,39,40,41,42)/p-1. The molecule has 5 rings (SSSR count). The van der Waals surface area contributed by atoms with Crippen LogP contribution in [0, 0.1) is 0 Å². The molecule has 2 heterocycles. The molecule has 3 aromatic carbocycles. The Morgan fingerprint density at radius 1 is 1.00 bits per heavy atom. The molecule has 256 valence electrons. The molecule has 0 bridgehead atoms.